The van der Waals surface area contributed by atoms with E-state index in [1.54, 1.807) is 61.5 Å². The van der Waals surface area contributed by atoms with Crippen molar-refractivity contribution in [1.82, 2.24) is 9.62 Å². The lowest BCUT2D eigenvalue weighted by molar-refractivity contribution is -0.137. The molecule has 3 aromatic carbocycles. The number of rotatable bonds is 9. The predicted octanol–water partition coefficient (Wildman–Crippen LogP) is 8.14. The highest BCUT2D eigenvalue weighted by Crippen LogP contribution is 2.56. The molecule has 0 saturated heterocycles. The van der Waals surface area contributed by atoms with Gasteiger partial charge >= 0.3 is 12.1 Å². The maximum absolute atomic E-state index is 14.8. The van der Waals surface area contributed by atoms with Gasteiger partial charge in [-0.25, -0.2) is 13.6 Å². The van der Waals surface area contributed by atoms with Gasteiger partial charge in [-0.15, -0.1) is 10.8 Å². The quantitative estimate of drug-likeness (QED) is 0.184. The van der Waals surface area contributed by atoms with Crippen LogP contribution in [-0.2, 0) is 22.5 Å². The Hall–Kier alpha value is -3.77. The second kappa shape index (κ2) is 14.3. The predicted molar refractivity (Wildman–Crippen MR) is 176 cm³/mol. The van der Waals surface area contributed by atoms with E-state index in [0.29, 0.717) is 23.4 Å². The maximum atomic E-state index is 14.8. The SMILES string of the molecule is Cc1ccc(C(CC(=O)O)c2ccc(F)cc2F)cc1CN1CC(C)Cc2cc(C=CCNC(=O)OC(C)(C)C)ccc2S1(O)O. The largest absolute Gasteiger partial charge is 0.481 e. The number of nitrogens with one attached hydrogen (secondary N) is 1. The number of carboxylic acids is 1. The Morgan fingerprint density at radius 1 is 1.11 bits per heavy atom. The van der Waals surface area contributed by atoms with Crippen LogP contribution in [0.15, 0.2) is 65.6 Å². The first-order chi connectivity index (χ1) is 21.5. The van der Waals surface area contributed by atoms with Gasteiger partial charge < -0.3 is 15.2 Å². The van der Waals surface area contributed by atoms with Crippen LogP contribution in [0.5, 0.6) is 0 Å². The van der Waals surface area contributed by atoms with Gasteiger partial charge in [-0.3, -0.25) is 13.9 Å². The van der Waals surface area contributed by atoms with E-state index in [4.69, 9.17) is 4.74 Å². The van der Waals surface area contributed by atoms with Crippen molar-refractivity contribution in [2.75, 3.05) is 13.1 Å². The van der Waals surface area contributed by atoms with Gasteiger partial charge in [0.1, 0.15) is 17.2 Å². The lowest BCUT2D eigenvalue weighted by atomic mass is 9.86. The van der Waals surface area contributed by atoms with Crippen LogP contribution < -0.4 is 5.32 Å². The number of amides is 1. The minimum absolute atomic E-state index is 0.0667. The second-order valence-electron chi connectivity index (χ2n) is 12.8. The number of hydrogen-bond acceptors (Lipinski definition) is 6. The van der Waals surface area contributed by atoms with Gasteiger partial charge in [0.2, 0.25) is 0 Å². The number of carbonyl (C=O) groups is 2. The summed E-state index contributed by atoms with van der Waals surface area (Å²) in [5.74, 6) is -3.51. The summed E-state index contributed by atoms with van der Waals surface area (Å²) < 4.78 is 58.6. The molecule has 1 aliphatic rings. The van der Waals surface area contributed by atoms with Crippen LogP contribution >= 0.6 is 10.8 Å². The number of aliphatic carboxylic acids is 1. The first kappa shape index (κ1) is 35.1. The molecule has 0 radical (unpaired) electrons. The van der Waals surface area contributed by atoms with Gasteiger partial charge in [0.05, 0.1) is 11.3 Å². The summed E-state index contributed by atoms with van der Waals surface area (Å²) in [6.07, 6.45) is 3.35. The Morgan fingerprint density at radius 3 is 2.52 bits per heavy atom. The van der Waals surface area contributed by atoms with Crippen molar-refractivity contribution < 1.29 is 37.3 Å². The highest BCUT2D eigenvalue weighted by molar-refractivity contribution is 8.22. The minimum Gasteiger partial charge on any atom is -0.481 e. The van der Waals surface area contributed by atoms with Crippen LogP contribution in [0.4, 0.5) is 13.6 Å². The number of ether oxygens (including phenoxy) is 1. The highest BCUT2D eigenvalue weighted by Gasteiger charge is 2.33. The molecule has 2 unspecified atom stereocenters. The summed E-state index contributed by atoms with van der Waals surface area (Å²) in [6.45, 7) is 10.1. The molecule has 1 amide bonds. The fourth-order valence-corrected chi connectivity index (χ4v) is 7.41. The Morgan fingerprint density at radius 2 is 1.85 bits per heavy atom. The zero-order valence-electron chi connectivity index (χ0n) is 26.7. The summed E-state index contributed by atoms with van der Waals surface area (Å²) in [7, 11) is -3.41. The molecule has 4 rings (SSSR count). The van der Waals surface area contributed by atoms with Gasteiger partial charge in [0.15, 0.2) is 0 Å². The molecule has 0 saturated carbocycles. The van der Waals surface area contributed by atoms with Gasteiger partial charge in [-0.2, -0.15) is 4.31 Å². The van der Waals surface area contributed by atoms with E-state index in [-0.39, 0.29) is 24.6 Å². The Kier molecular flexibility index (Phi) is 10.9. The molecule has 0 aliphatic carbocycles. The Balaban J connectivity index is 1.58. The molecular formula is C35H42F2N2O6S. The number of aryl methyl sites for hydroxylation is 1. The van der Waals surface area contributed by atoms with Crippen LogP contribution in [0.1, 0.15) is 73.4 Å². The monoisotopic (exact) mass is 656 g/mol. The van der Waals surface area contributed by atoms with Crippen LogP contribution in [-0.4, -0.2) is 49.3 Å². The van der Waals surface area contributed by atoms with Gasteiger partial charge in [-0.05, 0) is 91.6 Å². The number of nitrogens with zero attached hydrogens (tertiary/aromatic N) is 1. The third kappa shape index (κ3) is 8.94. The first-order valence-corrected chi connectivity index (χ1v) is 16.6. The van der Waals surface area contributed by atoms with Crippen LogP contribution in [0.3, 0.4) is 0 Å². The molecule has 46 heavy (non-hydrogen) atoms. The number of alkyl carbamates (subject to hydrolysis) is 1. The first-order valence-electron chi connectivity index (χ1n) is 15.1. The lowest BCUT2D eigenvalue weighted by Gasteiger charge is -2.43. The van der Waals surface area contributed by atoms with Crippen LogP contribution in [0.25, 0.3) is 6.08 Å². The summed E-state index contributed by atoms with van der Waals surface area (Å²) in [6, 6.07) is 13.9. The zero-order valence-corrected chi connectivity index (χ0v) is 27.5. The maximum Gasteiger partial charge on any atom is 0.407 e. The summed E-state index contributed by atoms with van der Waals surface area (Å²) >= 11 is 0. The van der Waals surface area contributed by atoms with E-state index in [1.807, 2.05) is 26.0 Å². The molecule has 0 bridgehead atoms. The standard InChI is InChI=1S/C35H42F2N2O6S/c1-22-15-26-16-24(7-6-14-38-34(42)45-35(3,4)5)9-13-32(26)46(43,44)39(20-22)21-27-17-25(10-8-23(27)2)30(19-33(40)41)29-12-11-28(36)18-31(29)37/h6-13,16-18,22,30,43-44H,14-15,19-21H2,1-5H3,(H,38,42)(H,40,41). The van der Waals surface area contributed by atoms with Gasteiger partial charge in [-0.1, -0.05) is 49.4 Å². The normalized spacial score (nSPS) is 18.0. The average Bonchev–Trinajstić information content (AvgIpc) is 3.02. The van der Waals surface area contributed by atoms with E-state index < -0.39 is 52.4 Å². The zero-order chi connectivity index (χ0) is 33.8. The van der Waals surface area contributed by atoms with E-state index in [9.17, 15) is 32.6 Å². The topological polar surface area (TPSA) is 119 Å². The number of carbonyl (C=O) groups excluding carboxylic acids is 1. The molecule has 0 aromatic heterocycles. The third-order valence-corrected chi connectivity index (χ3v) is 9.72. The van der Waals surface area contributed by atoms with Crippen molar-refractivity contribution in [2.24, 2.45) is 5.92 Å². The summed E-state index contributed by atoms with van der Waals surface area (Å²) in [5, 5.41) is 12.3. The van der Waals surface area contributed by atoms with Crippen molar-refractivity contribution in [2.45, 2.75) is 70.4 Å². The van der Waals surface area contributed by atoms with Crippen molar-refractivity contribution >= 4 is 28.9 Å². The molecule has 248 valence electrons. The molecule has 3 aromatic rings. The van der Waals surface area contributed by atoms with E-state index >= 15 is 0 Å². The van der Waals surface area contributed by atoms with E-state index in [1.165, 1.54) is 6.07 Å². The molecule has 0 fully saturated rings. The number of carboxylic acid groups (broad SMARTS) is 1. The molecular weight excluding hydrogens is 614 g/mol. The van der Waals surface area contributed by atoms with Crippen LogP contribution in [0, 0.1) is 24.5 Å². The van der Waals surface area contributed by atoms with Gasteiger partial charge in [0.25, 0.3) is 0 Å². The molecule has 11 heteroatoms. The Labute approximate surface area is 270 Å². The average molecular weight is 657 g/mol. The molecule has 0 spiro atoms. The van der Waals surface area contributed by atoms with Crippen molar-refractivity contribution in [3.63, 3.8) is 0 Å². The summed E-state index contributed by atoms with van der Waals surface area (Å²) in [5.41, 5.74) is 3.27. The van der Waals surface area contributed by atoms with E-state index in [2.05, 4.69) is 5.32 Å². The van der Waals surface area contributed by atoms with Crippen molar-refractivity contribution in [3.8, 4) is 0 Å². The molecule has 4 N–H and O–H groups in total. The molecule has 1 aliphatic heterocycles. The molecule has 1 heterocycles. The van der Waals surface area contributed by atoms with E-state index in [0.717, 1.165) is 34.4 Å². The second-order valence-corrected chi connectivity index (χ2v) is 14.8. The number of fused-ring (bicyclic) bond motifs is 1. The fourth-order valence-electron chi connectivity index (χ4n) is 5.60. The Bertz CT molecular complexity index is 1620. The summed E-state index contributed by atoms with van der Waals surface area (Å²) in [4.78, 5) is 24.1. The highest BCUT2D eigenvalue weighted by atomic mass is 32.3. The third-order valence-electron chi connectivity index (χ3n) is 7.74. The number of halogens is 2. The number of hydrogen-bond donors (Lipinski definition) is 4. The molecule has 8 nitrogen and oxygen atoms in total. The smallest absolute Gasteiger partial charge is 0.407 e. The van der Waals surface area contributed by atoms with Crippen molar-refractivity contribution in [3.05, 3.63) is 106 Å². The van der Waals surface area contributed by atoms with Crippen molar-refractivity contribution in [1.29, 1.82) is 0 Å². The van der Waals surface area contributed by atoms with Crippen LogP contribution in [0.2, 0.25) is 0 Å². The fraction of sp³-hybridized carbons (Fsp3) is 0.371. The van der Waals surface area contributed by atoms with Gasteiger partial charge in [0, 0.05) is 31.6 Å². The lowest BCUT2D eigenvalue weighted by Crippen LogP contribution is -2.32. The number of benzene rings is 3. The molecule has 2 atom stereocenters. The minimum atomic E-state index is -3.41.